The van der Waals surface area contributed by atoms with E-state index in [4.69, 9.17) is 8.92 Å². The van der Waals surface area contributed by atoms with E-state index in [1.54, 1.807) is 7.11 Å². The van der Waals surface area contributed by atoms with Crippen LogP contribution in [0.3, 0.4) is 0 Å². The summed E-state index contributed by atoms with van der Waals surface area (Å²) < 4.78 is 36.0. The van der Waals surface area contributed by atoms with E-state index in [-0.39, 0.29) is 12.6 Å². The Labute approximate surface area is 141 Å². The van der Waals surface area contributed by atoms with E-state index in [0.717, 1.165) is 16.9 Å². The van der Waals surface area contributed by atoms with Gasteiger partial charge in [-0.1, -0.05) is 54.6 Å². The molecule has 2 aromatic carbocycles. The standard InChI is InChI=1S/C18H17NO4S/c1-22-16-10-8-15(9-11-16)18-13-23-24(20,21)19(18)17(18)12-7-14-5-3-2-4-6-14/h2-12,17H,13H2,1H3/b12-7+/t17-,18+,19?/m1/s1. The number of benzene rings is 2. The monoisotopic (exact) mass is 343 g/mol. The Kier molecular flexibility index (Phi) is 3.49. The van der Waals surface area contributed by atoms with Gasteiger partial charge in [0.05, 0.1) is 19.8 Å². The van der Waals surface area contributed by atoms with Gasteiger partial charge in [0.2, 0.25) is 0 Å². The van der Waals surface area contributed by atoms with Crippen LogP contribution in [0.1, 0.15) is 11.1 Å². The summed E-state index contributed by atoms with van der Waals surface area (Å²) in [5.74, 6) is 0.737. The second-order valence-corrected chi connectivity index (χ2v) is 7.37. The van der Waals surface area contributed by atoms with E-state index >= 15 is 0 Å². The Hall–Kier alpha value is -2.15. The zero-order valence-electron chi connectivity index (χ0n) is 13.1. The third-order valence-corrected chi connectivity index (χ3v) is 6.05. The van der Waals surface area contributed by atoms with Gasteiger partial charge in [0, 0.05) is 0 Å². The average Bonchev–Trinajstić information content (AvgIpc) is 3.20. The Morgan fingerprint density at radius 3 is 2.54 bits per heavy atom. The summed E-state index contributed by atoms with van der Waals surface area (Å²) in [7, 11) is -2.07. The highest BCUT2D eigenvalue weighted by Gasteiger charge is 2.73. The molecule has 0 bridgehead atoms. The van der Waals surface area contributed by atoms with Crippen LogP contribution in [0.2, 0.25) is 0 Å². The van der Waals surface area contributed by atoms with Crippen LogP contribution in [0.15, 0.2) is 60.7 Å². The van der Waals surface area contributed by atoms with Gasteiger partial charge in [0.25, 0.3) is 0 Å². The molecule has 5 nitrogen and oxygen atoms in total. The summed E-state index contributed by atoms with van der Waals surface area (Å²) in [6.45, 7) is 0.130. The normalized spacial score (nSPS) is 30.2. The molecule has 2 fully saturated rings. The van der Waals surface area contributed by atoms with Crippen LogP contribution in [0, 0.1) is 0 Å². The molecule has 2 aromatic rings. The van der Waals surface area contributed by atoms with Crippen LogP contribution < -0.4 is 4.74 Å². The zero-order valence-corrected chi connectivity index (χ0v) is 13.9. The molecule has 3 atom stereocenters. The molecule has 1 unspecified atom stereocenters. The van der Waals surface area contributed by atoms with Crippen LogP contribution in [-0.4, -0.2) is 32.5 Å². The maximum Gasteiger partial charge on any atom is 0.340 e. The molecule has 0 saturated carbocycles. The van der Waals surface area contributed by atoms with Gasteiger partial charge >= 0.3 is 10.3 Å². The fraction of sp³-hybridized carbons (Fsp3) is 0.222. The molecule has 0 radical (unpaired) electrons. The lowest BCUT2D eigenvalue weighted by atomic mass is 9.95. The van der Waals surface area contributed by atoms with Crippen LogP contribution in [0.4, 0.5) is 0 Å². The number of hydrogen-bond acceptors (Lipinski definition) is 4. The molecule has 6 heteroatoms. The van der Waals surface area contributed by atoms with Crippen molar-refractivity contribution in [3.05, 3.63) is 71.8 Å². The second-order valence-electron chi connectivity index (χ2n) is 5.88. The van der Waals surface area contributed by atoms with Gasteiger partial charge in [-0.3, -0.25) is 4.18 Å². The Balaban J connectivity index is 1.68. The maximum atomic E-state index is 12.2. The smallest absolute Gasteiger partial charge is 0.340 e. The molecule has 0 N–H and O–H groups in total. The van der Waals surface area contributed by atoms with Crippen LogP contribution in [-0.2, 0) is 20.0 Å². The van der Waals surface area contributed by atoms with Crippen LogP contribution in [0.5, 0.6) is 5.75 Å². The first kappa shape index (κ1) is 15.4. The van der Waals surface area contributed by atoms with Gasteiger partial charge in [-0.05, 0) is 23.3 Å². The third kappa shape index (κ3) is 2.26. The minimum Gasteiger partial charge on any atom is -0.497 e. The van der Waals surface area contributed by atoms with E-state index < -0.39 is 15.8 Å². The van der Waals surface area contributed by atoms with Crippen molar-refractivity contribution < 1.29 is 17.3 Å². The number of nitrogens with zero attached hydrogens (tertiary/aromatic N) is 1. The first-order valence-corrected chi connectivity index (χ1v) is 9.01. The Bertz CT molecular complexity index is 877. The van der Waals surface area contributed by atoms with E-state index in [1.165, 1.54) is 4.31 Å². The van der Waals surface area contributed by atoms with Crippen LogP contribution >= 0.6 is 0 Å². The third-order valence-electron chi connectivity index (χ3n) is 4.60. The molecule has 0 aliphatic carbocycles. The predicted octanol–water partition coefficient (Wildman–Crippen LogP) is 2.56. The quantitative estimate of drug-likeness (QED) is 0.801. The molecule has 2 aliphatic rings. The molecule has 2 aliphatic heterocycles. The van der Waals surface area contributed by atoms with E-state index in [1.807, 2.05) is 66.7 Å². The van der Waals surface area contributed by atoms with Crippen molar-refractivity contribution in [3.63, 3.8) is 0 Å². The summed E-state index contributed by atoms with van der Waals surface area (Å²) >= 11 is 0. The van der Waals surface area contributed by atoms with Gasteiger partial charge in [0.1, 0.15) is 11.3 Å². The van der Waals surface area contributed by atoms with Crippen molar-refractivity contribution in [1.82, 2.24) is 4.31 Å². The average molecular weight is 343 g/mol. The highest BCUT2D eigenvalue weighted by Crippen LogP contribution is 2.57. The van der Waals surface area contributed by atoms with Gasteiger partial charge < -0.3 is 4.74 Å². The lowest BCUT2D eigenvalue weighted by molar-refractivity contribution is 0.309. The number of fused-ring (bicyclic) bond motifs is 1. The van der Waals surface area contributed by atoms with Gasteiger partial charge in [-0.25, -0.2) is 0 Å². The summed E-state index contributed by atoms with van der Waals surface area (Å²) in [4.78, 5) is 0. The van der Waals surface area contributed by atoms with Crippen molar-refractivity contribution in [2.24, 2.45) is 0 Å². The molecular formula is C18H17NO4S. The fourth-order valence-electron chi connectivity index (χ4n) is 3.30. The topological polar surface area (TPSA) is 55.6 Å². The zero-order chi connectivity index (χ0) is 16.8. The van der Waals surface area contributed by atoms with Crippen molar-refractivity contribution >= 4 is 16.4 Å². The Morgan fingerprint density at radius 2 is 1.88 bits per heavy atom. The Morgan fingerprint density at radius 1 is 1.17 bits per heavy atom. The largest absolute Gasteiger partial charge is 0.497 e. The SMILES string of the molecule is COc1ccc([C@]23COS(=O)(=O)N2[C@@H]3/C=C/c2ccccc2)cc1. The molecule has 2 saturated heterocycles. The van der Waals surface area contributed by atoms with Gasteiger partial charge in [-0.2, -0.15) is 12.7 Å². The number of ether oxygens (including phenoxy) is 1. The van der Waals surface area contributed by atoms with Crippen molar-refractivity contribution in [2.45, 2.75) is 11.6 Å². The summed E-state index contributed by atoms with van der Waals surface area (Å²) in [5.41, 5.74) is 1.30. The summed E-state index contributed by atoms with van der Waals surface area (Å²) in [5, 5.41) is 0. The fourth-order valence-corrected chi connectivity index (χ4v) is 4.88. The molecule has 2 heterocycles. The lowest BCUT2D eigenvalue weighted by Crippen LogP contribution is -2.17. The highest BCUT2D eigenvalue weighted by molar-refractivity contribution is 7.84. The molecule has 0 spiro atoms. The maximum absolute atomic E-state index is 12.2. The first-order valence-electron chi connectivity index (χ1n) is 7.65. The summed E-state index contributed by atoms with van der Waals surface area (Å²) in [6.07, 6.45) is 3.88. The van der Waals surface area contributed by atoms with E-state index in [2.05, 4.69) is 0 Å². The molecule has 0 aromatic heterocycles. The lowest BCUT2D eigenvalue weighted by Gasteiger charge is -2.10. The predicted molar refractivity (Wildman–Crippen MR) is 90.6 cm³/mol. The minimum atomic E-state index is -3.68. The molecule has 24 heavy (non-hydrogen) atoms. The van der Waals surface area contributed by atoms with Gasteiger partial charge in [0.15, 0.2) is 0 Å². The number of hydrogen-bond donors (Lipinski definition) is 0. The number of rotatable bonds is 4. The van der Waals surface area contributed by atoms with Crippen molar-refractivity contribution in [1.29, 1.82) is 0 Å². The van der Waals surface area contributed by atoms with E-state index in [9.17, 15) is 8.42 Å². The highest BCUT2D eigenvalue weighted by atomic mass is 32.2. The minimum absolute atomic E-state index is 0.130. The van der Waals surface area contributed by atoms with Crippen LogP contribution in [0.25, 0.3) is 6.08 Å². The first-order chi connectivity index (χ1) is 11.6. The molecule has 0 amide bonds. The molecule has 4 rings (SSSR count). The molecular weight excluding hydrogens is 326 g/mol. The second kappa shape index (κ2) is 5.44. The summed E-state index contributed by atoms with van der Waals surface area (Å²) in [6, 6.07) is 17.0. The van der Waals surface area contributed by atoms with Crippen molar-refractivity contribution in [2.75, 3.05) is 13.7 Å². The van der Waals surface area contributed by atoms with Crippen molar-refractivity contribution in [3.8, 4) is 5.75 Å². The molecule has 124 valence electrons. The number of methoxy groups -OCH3 is 1. The van der Waals surface area contributed by atoms with E-state index in [0.29, 0.717) is 0 Å². The van der Waals surface area contributed by atoms with Gasteiger partial charge in [-0.15, -0.1) is 0 Å².